The lowest BCUT2D eigenvalue weighted by atomic mass is 10.0. The first kappa shape index (κ1) is 22.2. The van der Waals surface area contributed by atoms with Gasteiger partial charge in [0.05, 0.1) is 17.8 Å². The van der Waals surface area contributed by atoms with Crippen LogP contribution in [0.15, 0.2) is 24.3 Å². The van der Waals surface area contributed by atoms with Gasteiger partial charge in [0.1, 0.15) is 18.0 Å². The highest BCUT2D eigenvalue weighted by atomic mass is 35.5. The zero-order valence-corrected chi connectivity index (χ0v) is 17.6. The molecule has 0 bridgehead atoms. The largest absolute Gasteiger partial charge is 0.472 e. The van der Waals surface area contributed by atoms with E-state index >= 15 is 0 Å². The molecule has 9 heteroatoms. The highest BCUT2D eigenvalue weighted by Gasteiger charge is 2.29. The minimum atomic E-state index is -2.81. The fourth-order valence-electron chi connectivity index (χ4n) is 3.00. The molecule has 1 aromatic heterocycles. The quantitative estimate of drug-likeness (QED) is 0.611. The van der Waals surface area contributed by atoms with Crippen LogP contribution in [-0.4, -0.2) is 28.1 Å². The smallest absolute Gasteiger partial charge is 0.410 e. The summed E-state index contributed by atoms with van der Waals surface area (Å²) in [5.74, 6) is -0.890. The van der Waals surface area contributed by atoms with E-state index in [1.807, 2.05) is 0 Å². The highest BCUT2D eigenvalue weighted by Crippen LogP contribution is 2.32. The molecular formula is C21H22ClF3N2O3. The van der Waals surface area contributed by atoms with Crippen molar-refractivity contribution in [3.05, 3.63) is 57.5 Å². The molecule has 0 unspecified atom stereocenters. The highest BCUT2D eigenvalue weighted by molar-refractivity contribution is 6.30. The molecule has 1 amide bonds. The molecule has 0 aliphatic carbocycles. The second kappa shape index (κ2) is 8.71. The van der Waals surface area contributed by atoms with Crippen LogP contribution in [0, 0.1) is 5.82 Å². The van der Waals surface area contributed by atoms with Crippen LogP contribution in [0.1, 0.15) is 49.6 Å². The number of carbonyl (C=O) groups is 1. The van der Waals surface area contributed by atoms with Crippen molar-refractivity contribution in [2.24, 2.45) is 0 Å². The number of ether oxygens (including phenoxy) is 2. The second-order valence-electron chi connectivity index (χ2n) is 7.97. The molecule has 0 atom stereocenters. The average molecular weight is 443 g/mol. The van der Waals surface area contributed by atoms with Crippen LogP contribution >= 0.6 is 11.6 Å². The summed E-state index contributed by atoms with van der Waals surface area (Å²) in [6.07, 6.45) is -2.94. The summed E-state index contributed by atoms with van der Waals surface area (Å²) in [6.45, 7) is 5.44. The van der Waals surface area contributed by atoms with Gasteiger partial charge in [-0.2, -0.15) is 0 Å². The van der Waals surface area contributed by atoms with Gasteiger partial charge in [0, 0.05) is 17.1 Å². The monoisotopic (exact) mass is 442 g/mol. The number of halogens is 4. The van der Waals surface area contributed by atoms with Gasteiger partial charge < -0.3 is 14.4 Å². The van der Waals surface area contributed by atoms with Crippen LogP contribution in [0.3, 0.4) is 0 Å². The molecular weight excluding hydrogens is 421 g/mol. The number of carbonyl (C=O) groups excluding carboxylic acids is 1. The lowest BCUT2D eigenvalue weighted by Gasteiger charge is -2.31. The molecule has 1 aliphatic heterocycles. The Labute approximate surface area is 177 Å². The van der Waals surface area contributed by atoms with E-state index in [9.17, 15) is 18.0 Å². The number of hydrogen-bond donors (Lipinski definition) is 0. The van der Waals surface area contributed by atoms with E-state index in [2.05, 4.69) is 4.98 Å². The SMILES string of the molecule is CC(C)(C)OC(=O)N1CCc2cc(C(F)F)c(OCc3ccc(Cl)cc3F)nc2C1. The number of fused-ring (bicyclic) bond motifs is 1. The van der Waals surface area contributed by atoms with Gasteiger partial charge in [0.25, 0.3) is 6.43 Å². The molecule has 3 rings (SSSR count). The van der Waals surface area contributed by atoms with Crippen LogP contribution in [0.5, 0.6) is 5.88 Å². The van der Waals surface area contributed by atoms with Crippen molar-refractivity contribution < 1.29 is 27.4 Å². The standard InChI is InChI=1S/C21H22ClF3N2O3/c1-21(2,3)30-20(28)27-7-6-12-8-15(18(24)25)19(26-17(12)10-27)29-11-13-4-5-14(22)9-16(13)23/h4-5,8-9,18H,6-7,10-11H2,1-3H3. The summed E-state index contributed by atoms with van der Waals surface area (Å²) in [6, 6.07) is 5.36. The summed E-state index contributed by atoms with van der Waals surface area (Å²) in [4.78, 5) is 18.0. The third-order valence-corrected chi connectivity index (χ3v) is 4.68. The summed E-state index contributed by atoms with van der Waals surface area (Å²) in [5.41, 5.74) is 0.211. The summed E-state index contributed by atoms with van der Waals surface area (Å²) < 4.78 is 51.9. The van der Waals surface area contributed by atoms with Crippen molar-refractivity contribution in [3.8, 4) is 5.88 Å². The lowest BCUT2D eigenvalue weighted by molar-refractivity contribution is 0.0219. The molecule has 2 heterocycles. The van der Waals surface area contributed by atoms with E-state index in [4.69, 9.17) is 21.1 Å². The topological polar surface area (TPSA) is 51.7 Å². The minimum absolute atomic E-state index is 0.111. The van der Waals surface area contributed by atoms with Crippen molar-refractivity contribution in [1.82, 2.24) is 9.88 Å². The number of benzene rings is 1. The lowest BCUT2D eigenvalue weighted by Crippen LogP contribution is -2.40. The van der Waals surface area contributed by atoms with Crippen LogP contribution in [0.2, 0.25) is 5.02 Å². The maximum Gasteiger partial charge on any atom is 0.410 e. The molecule has 0 saturated heterocycles. The Bertz CT molecular complexity index is 948. The van der Waals surface area contributed by atoms with Crippen molar-refractivity contribution in [1.29, 1.82) is 0 Å². The van der Waals surface area contributed by atoms with Crippen molar-refractivity contribution in [2.75, 3.05) is 6.54 Å². The van der Waals surface area contributed by atoms with Crippen LogP contribution < -0.4 is 4.74 Å². The van der Waals surface area contributed by atoms with E-state index in [1.165, 1.54) is 23.1 Å². The maximum atomic E-state index is 14.0. The first-order valence-electron chi connectivity index (χ1n) is 9.39. The molecule has 5 nitrogen and oxygen atoms in total. The zero-order valence-electron chi connectivity index (χ0n) is 16.8. The van der Waals surface area contributed by atoms with Crippen LogP contribution in [-0.2, 0) is 24.3 Å². The Morgan fingerprint density at radius 3 is 2.67 bits per heavy atom. The Morgan fingerprint density at radius 2 is 2.03 bits per heavy atom. The molecule has 0 saturated carbocycles. The first-order chi connectivity index (χ1) is 14.0. The van der Waals surface area contributed by atoms with Gasteiger partial charge in [-0.3, -0.25) is 0 Å². The van der Waals surface area contributed by atoms with Crippen LogP contribution in [0.4, 0.5) is 18.0 Å². The van der Waals surface area contributed by atoms with Gasteiger partial charge in [-0.15, -0.1) is 0 Å². The number of hydrogen-bond acceptors (Lipinski definition) is 4. The van der Waals surface area contributed by atoms with Gasteiger partial charge in [0.2, 0.25) is 5.88 Å². The molecule has 162 valence electrons. The molecule has 0 fully saturated rings. The van der Waals surface area contributed by atoms with Gasteiger partial charge in [-0.1, -0.05) is 17.7 Å². The Morgan fingerprint density at radius 1 is 1.30 bits per heavy atom. The minimum Gasteiger partial charge on any atom is -0.472 e. The third kappa shape index (κ3) is 5.36. The van der Waals surface area contributed by atoms with Gasteiger partial charge in [0.15, 0.2) is 0 Å². The zero-order chi connectivity index (χ0) is 22.1. The Hall–Kier alpha value is -2.48. The predicted molar refractivity (Wildman–Crippen MR) is 105 cm³/mol. The van der Waals surface area contributed by atoms with E-state index in [0.717, 1.165) is 6.07 Å². The van der Waals surface area contributed by atoms with E-state index in [1.54, 1.807) is 20.8 Å². The molecule has 0 radical (unpaired) electrons. The molecule has 1 aromatic carbocycles. The summed E-state index contributed by atoms with van der Waals surface area (Å²) in [7, 11) is 0. The normalized spacial score (nSPS) is 13.9. The fourth-order valence-corrected chi connectivity index (χ4v) is 3.16. The fraction of sp³-hybridized carbons (Fsp3) is 0.429. The van der Waals surface area contributed by atoms with Crippen LogP contribution in [0.25, 0.3) is 0 Å². The molecule has 1 aliphatic rings. The third-order valence-electron chi connectivity index (χ3n) is 4.44. The van der Waals surface area contributed by atoms with Gasteiger partial charge in [-0.05, 0) is 51.0 Å². The maximum absolute atomic E-state index is 14.0. The summed E-state index contributed by atoms with van der Waals surface area (Å²) in [5, 5.41) is 0.221. The predicted octanol–water partition coefficient (Wildman–Crippen LogP) is 5.68. The van der Waals surface area contributed by atoms with E-state index < -0.39 is 23.9 Å². The molecule has 0 N–H and O–H groups in total. The number of rotatable bonds is 4. The molecule has 30 heavy (non-hydrogen) atoms. The number of alkyl halides is 2. The number of nitrogens with zero attached hydrogens (tertiary/aromatic N) is 2. The number of amides is 1. The molecule has 0 spiro atoms. The van der Waals surface area contributed by atoms with Crippen molar-refractivity contribution in [2.45, 2.75) is 52.4 Å². The number of aromatic nitrogens is 1. The van der Waals surface area contributed by atoms with Crippen molar-refractivity contribution in [3.63, 3.8) is 0 Å². The second-order valence-corrected chi connectivity index (χ2v) is 8.40. The number of pyridine rings is 1. The Balaban J connectivity index is 1.82. The summed E-state index contributed by atoms with van der Waals surface area (Å²) >= 11 is 5.72. The average Bonchev–Trinajstić information content (AvgIpc) is 2.64. The first-order valence-corrected chi connectivity index (χ1v) is 9.77. The van der Waals surface area contributed by atoms with E-state index in [0.29, 0.717) is 24.2 Å². The van der Waals surface area contributed by atoms with E-state index in [-0.39, 0.29) is 35.2 Å². The van der Waals surface area contributed by atoms with Gasteiger partial charge >= 0.3 is 6.09 Å². The van der Waals surface area contributed by atoms with Crippen molar-refractivity contribution >= 4 is 17.7 Å². The Kier molecular flexibility index (Phi) is 6.45. The molecule has 2 aromatic rings. The van der Waals surface area contributed by atoms with Gasteiger partial charge in [-0.25, -0.2) is 22.9 Å².